The van der Waals surface area contributed by atoms with E-state index in [1.165, 1.54) is 11.1 Å². The van der Waals surface area contributed by atoms with Crippen molar-refractivity contribution in [2.75, 3.05) is 22.9 Å². The van der Waals surface area contributed by atoms with E-state index < -0.39 is 5.97 Å². The van der Waals surface area contributed by atoms with Gasteiger partial charge in [0.15, 0.2) is 5.65 Å². The molecule has 1 fully saturated rings. The van der Waals surface area contributed by atoms with E-state index in [2.05, 4.69) is 17.0 Å². The van der Waals surface area contributed by atoms with Crippen LogP contribution >= 0.6 is 0 Å². The predicted molar refractivity (Wildman–Crippen MR) is 106 cm³/mol. The minimum Gasteiger partial charge on any atom is -0.481 e. The number of fused-ring (bicyclic) bond motifs is 2. The molecule has 1 saturated heterocycles. The molecule has 7 heteroatoms. The molecule has 0 aliphatic carbocycles. The smallest absolute Gasteiger partial charge is 0.310 e. The summed E-state index contributed by atoms with van der Waals surface area (Å²) < 4.78 is 1.56. The number of hydrogen-bond acceptors (Lipinski definition) is 5. The number of aliphatic carboxylic acids is 1. The van der Waals surface area contributed by atoms with Crippen LogP contribution in [0.5, 0.6) is 0 Å². The van der Waals surface area contributed by atoms with Gasteiger partial charge in [-0.1, -0.05) is 24.3 Å². The Kier molecular flexibility index (Phi) is 3.65. The number of pyridine rings is 1. The molecule has 5 rings (SSSR count). The number of anilines is 2. The highest BCUT2D eigenvalue weighted by Crippen LogP contribution is 2.31. The van der Waals surface area contributed by atoms with Gasteiger partial charge in [0, 0.05) is 38.4 Å². The average Bonchev–Trinajstić information content (AvgIpc) is 3.05. The van der Waals surface area contributed by atoms with Crippen molar-refractivity contribution in [2.24, 2.45) is 5.92 Å². The van der Waals surface area contributed by atoms with Crippen molar-refractivity contribution in [3.05, 3.63) is 69.6 Å². The minimum atomic E-state index is -0.783. The Morgan fingerprint density at radius 1 is 1.11 bits per heavy atom. The van der Waals surface area contributed by atoms with Crippen LogP contribution in [-0.4, -0.2) is 33.6 Å². The van der Waals surface area contributed by atoms with Gasteiger partial charge in [0.05, 0.1) is 11.6 Å². The molecule has 0 bridgehead atoms. The molecule has 0 radical (unpaired) electrons. The number of carboxylic acids is 1. The largest absolute Gasteiger partial charge is 0.481 e. The van der Waals surface area contributed by atoms with Gasteiger partial charge in [-0.3, -0.25) is 14.0 Å². The van der Waals surface area contributed by atoms with Gasteiger partial charge in [-0.25, -0.2) is 4.98 Å². The zero-order valence-corrected chi connectivity index (χ0v) is 15.5. The Hall–Kier alpha value is -3.35. The molecule has 2 aromatic heterocycles. The molecule has 0 saturated carbocycles. The Bertz CT molecular complexity index is 1140. The van der Waals surface area contributed by atoms with Crippen molar-refractivity contribution < 1.29 is 9.90 Å². The van der Waals surface area contributed by atoms with Crippen LogP contribution in [0.15, 0.2) is 47.4 Å². The lowest BCUT2D eigenvalue weighted by molar-refractivity contribution is -0.142. The Morgan fingerprint density at radius 2 is 1.79 bits per heavy atom. The van der Waals surface area contributed by atoms with Gasteiger partial charge in [-0.05, 0) is 29.7 Å². The lowest BCUT2D eigenvalue weighted by Crippen LogP contribution is -2.50. The van der Waals surface area contributed by atoms with Crippen LogP contribution in [0.4, 0.5) is 11.5 Å². The van der Waals surface area contributed by atoms with E-state index in [1.54, 1.807) is 16.7 Å². The van der Waals surface area contributed by atoms with Crippen LogP contribution in [0.25, 0.3) is 5.65 Å². The van der Waals surface area contributed by atoms with Crippen LogP contribution in [-0.2, 0) is 17.9 Å². The quantitative estimate of drug-likeness (QED) is 0.754. The molecule has 0 atom stereocenters. The summed E-state index contributed by atoms with van der Waals surface area (Å²) in [7, 11) is 0. The highest BCUT2D eigenvalue weighted by atomic mass is 16.4. The summed E-state index contributed by atoms with van der Waals surface area (Å²) in [4.78, 5) is 32.9. The monoisotopic (exact) mass is 376 g/mol. The fraction of sp³-hybridized carbons (Fsp3) is 0.286. The third-order valence-corrected chi connectivity index (χ3v) is 5.60. The molecule has 0 amide bonds. The Balaban J connectivity index is 1.57. The summed E-state index contributed by atoms with van der Waals surface area (Å²) >= 11 is 0. The van der Waals surface area contributed by atoms with Gasteiger partial charge in [0.2, 0.25) is 0 Å². The maximum atomic E-state index is 12.8. The molecule has 2 aliphatic heterocycles. The summed E-state index contributed by atoms with van der Waals surface area (Å²) in [6.07, 6.45) is 1.78. The summed E-state index contributed by atoms with van der Waals surface area (Å²) in [5.41, 5.74) is 4.70. The molecule has 0 unspecified atom stereocenters. The number of aromatic nitrogens is 2. The number of carbonyl (C=O) groups is 1. The Morgan fingerprint density at radius 3 is 2.43 bits per heavy atom. The number of rotatable bonds is 3. The van der Waals surface area contributed by atoms with E-state index in [0.717, 1.165) is 24.3 Å². The van der Waals surface area contributed by atoms with E-state index in [9.17, 15) is 14.7 Å². The maximum Gasteiger partial charge on any atom is 0.310 e. The fourth-order valence-electron chi connectivity index (χ4n) is 4.03. The summed E-state index contributed by atoms with van der Waals surface area (Å²) in [6, 6.07) is 11.8. The topological polar surface area (TPSA) is 78.2 Å². The fourth-order valence-corrected chi connectivity index (χ4v) is 4.03. The molecule has 1 aromatic carbocycles. The van der Waals surface area contributed by atoms with Gasteiger partial charge in [-0.15, -0.1) is 0 Å². The van der Waals surface area contributed by atoms with Crippen molar-refractivity contribution in [3.63, 3.8) is 0 Å². The van der Waals surface area contributed by atoms with Crippen molar-refractivity contribution in [2.45, 2.75) is 20.0 Å². The van der Waals surface area contributed by atoms with Crippen molar-refractivity contribution in [1.82, 2.24) is 9.38 Å². The second-order valence-electron chi connectivity index (χ2n) is 7.61. The van der Waals surface area contributed by atoms with Crippen LogP contribution in [0.1, 0.15) is 16.7 Å². The highest BCUT2D eigenvalue weighted by molar-refractivity contribution is 5.78. The van der Waals surface area contributed by atoms with Crippen LogP contribution < -0.4 is 15.4 Å². The third-order valence-electron chi connectivity index (χ3n) is 5.60. The first kappa shape index (κ1) is 16.8. The van der Waals surface area contributed by atoms with Gasteiger partial charge >= 0.3 is 5.97 Å². The normalized spacial score (nSPS) is 16.3. The van der Waals surface area contributed by atoms with E-state index >= 15 is 0 Å². The molecule has 2 aliphatic rings. The molecule has 142 valence electrons. The van der Waals surface area contributed by atoms with E-state index in [1.807, 2.05) is 30.0 Å². The molecule has 3 aromatic rings. The van der Waals surface area contributed by atoms with E-state index in [0.29, 0.717) is 24.6 Å². The average molecular weight is 376 g/mol. The first-order valence-corrected chi connectivity index (χ1v) is 9.33. The lowest BCUT2D eigenvalue weighted by atomic mass is 9.99. The molecule has 28 heavy (non-hydrogen) atoms. The van der Waals surface area contributed by atoms with E-state index in [-0.39, 0.29) is 11.5 Å². The van der Waals surface area contributed by atoms with Crippen LogP contribution in [0, 0.1) is 12.8 Å². The van der Waals surface area contributed by atoms with Gasteiger partial charge in [-0.2, -0.15) is 0 Å². The Labute approximate surface area is 161 Å². The first-order valence-electron chi connectivity index (χ1n) is 9.33. The van der Waals surface area contributed by atoms with E-state index in [4.69, 9.17) is 4.98 Å². The number of hydrogen-bond donors (Lipinski definition) is 1. The lowest BCUT2D eigenvalue weighted by Gasteiger charge is -2.39. The van der Waals surface area contributed by atoms with Gasteiger partial charge in [0.1, 0.15) is 5.82 Å². The number of aryl methyl sites for hydroxylation is 1. The van der Waals surface area contributed by atoms with Gasteiger partial charge in [0.25, 0.3) is 5.56 Å². The zero-order valence-electron chi connectivity index (χ0n) is 15.5. The van der Waals surface area contributed by atoms with Crippen molar-refractivity contribution in [1.29, 1.82) is 0 Å². The molecule has 0 spiro atoms. The minimum absolute atomic E-state index is 0.129. The zero-order chi connectivity index (χ0) is 19.4. The molecule has 4 heterocycles. The molecule has 7 nitrogen and oxygen atoms in total. The summed E-state index contributed by atoms with van der Waals surface area (Å²) in [5.74, 6) is -0.501. The third kappa shape index (κ3) is 2.62. The standard InChI is InChI=1S/C21H20N4O3/c1-13-6-17(23-11-16(12-23)21(27)28)20-22-18(7-19(26)25(20)8-13)24-9-14-4-2-3-5-15(14)10-24/h2-8,16H,9-12H2,1H3,(H,27,28). The number of carboxylic acid groups (broad SMARTS) is 1. The highest BCUT2D eigenvalue weighted by Gasteiger charge is 2.34. The van der Waals surface area contributed by atoms with Crippen LogP contribution in [0.3, 0.4) is 0 Å². The second-order valence-corrected chi connectivity index (χ2v) is 7.61. The second kappa shape index (κ2) is 6.09. The molecular formula is C21H20N4O3. The number of benzene rings is 1. The van der Waals surface area contributed by atoms with Crippen LogP contribution in [0.2, 0.25) is 0 Å². The molecule has 1 N–H and O–H groups in total. The summed E-state index contributed by atoms with van der Waals surface area (Å²) in [5, 5.41) is 9.18. The van der Waals surface area contributed by atoms with Gasteiger partial charge < -0.3 is 14.9 Å². The SMILES string of the molecule is Cc1cc(N2CC(C(=O)O)C2)c2nc(N3Cc4ccccc4C3)cc(=O)n2c1. The first-order chi connectivity index (χ1) is 13.5. The summed E-state index contributed by atoms with van der Waals surface area (Å²) in [6.45, 7) is 4.25. The number of nitrogens with zero attached hydrogens (tertiary/aromatic N) is 4. The maximum absolute atomic E-state index is 12.8. The molecular weight excluding hydrogens is 356 g/mol. The van der Waals surface area contributed by atoms with Crippen molar-refractivity contribution in [3.8, 4) is 0 Å². The predicted octanol–water partition coefficient (Wildman–Crippen LogP) is 2.04. The van der Waals surface area contributed by atoms with Crippen molar-refractivity contribution >= 4 is 23.1 Å².